The van der Waals surface area contributed by atoms with Crippen LogP contribution in [-0.2, 0) is 14.8 Å². The van der Waals surface area contributed by atoms with Crippen LogP contribution in [0.3, 0.4) is 0 Å². The van der Waals surface area contributed by atoms with E-state index in [1.807, 2.05) is 0 Å². The highest BCUT2D eigenvalue weighted by Crippen LogP contribution is 2.25. The van der Waals surface area contributed by atoms with E-state index in [0.29, 0.717) is 23.8 Å². The normalized spacial score (nSPS) is 17.4. The number of nitrogens with two attached hydrogens (primary N) is 1. The van der Waals surface area contributed by atoms with Crippen molar-refractivity contribution >= 4 is 26.9 Å². The minimum atomic E-state index is -3.65. The average Bonchev–Trinajstić information content (AvgIpc) is 2.54. The van der Waals surface area contributed by atoms with E-state index in [1.165, 1.54) is 34.6 Å². The lowest BCUT2D eigenvalue weighted by Crippen LogP contribution is -2.41. The van der Waals surface area contributed by atoms with Crippen LogP contribution in [-0.4, -0.2) is 31.7 Å². The standard InChI is InChI=1S/C15H16N2O5S/c16-15(19)10-5-7-17(8-6-10)23(20,21)12-2-3-13-11(9-12)1-4-14(18)22-13/h1-4,9-10H,5-8H2,(H2,16,19). The molecule has 1 aliphatic rings. The Hall–Kier alpha value is -2.19. The van der Waals surface area contributed by atoms with E-state index in [-0.39, 0.29) is 29.8 Å². The van der Waals surface area contributed by atoms with Crippen LogP contribution in [0, 0.1) is 5.92 Å². The molecule has 23 heavy (non-hydrogen) atoms. The van der Waals surface area contributed by atoms with E-state index >= 15 is 0 Å². The highest BCUT2D eigenvalue weighted by molar-refractivity contribution is 7.89. The molecule has 0 atom stereocenters. The van der Waals surface area contributed by atoms with Gasteiger partial charge in [-0.3, -0.25) is 4.79 Å². The van der Waals surface area contributed by atoms with E-state index in [2.05, 4.69) is 0 Å². The third-order valence-corrected chi connectivity index (χ3v) is 5.98. The van der Waals surface area contributed by atoms with Gasteiger partial charge in [0.1, 0.15) is 5.58 Å². The summed E-state index contributed by atoms with van der Waals surface area (Å²) >= 11 is 0. The molecule has 2 heterocycles. The largest absolute Gasteiger partial charge is 0.423 e. The molecule has 0 spiro atoms. The summed E-state index contributed by atoms with van der Waals surface area (Å²) in [5.41, 5.74) is 5.12. The van der Waals surface area contributed by atoms with Gasteiger partial charge in [0.05, 0.1) is 4.90 Å². The number of piperidine rings is 1. The Labute approximate surface area is 132 Å². The molecule has 1 amide bonds. The smallest absolute Gasteiger partial charge is 0.336 e. The van der Waals surface area contributed by atoms with Gasteiger partial charge in [-0.25, -0.2) is 13.2 Å². The highest BCUT2D eigenvalue weighted by atomic mass is 32.2. The summed E-state index contributed by atoms with van der Waals surface area (Å²) in [4.78, 5) is 22.5. The molecule has 0 saturated carbocycles. The summed E-state index contributed by atoms with van der Waals surface area (Å²) in [7, 11) is -3.65. The molecule has 1 aliphatic heterocycles. The molecular formula is C15H16N2O5S. The second-order valence-corrected chi connectivity index (χ2v) is 7.47. The van der Waals surface area contributed by atoms with Crippen LogP contribution in [0.1, 0.15) is 12.8 Å². The van der Waals surface area contributed by atoms with Crippen LogP contribution >= 0.6 is 0 Å². The molecule has 0 radical (unpaired) electrons. The lowest BCUT2D eigenvalue weighted by Gasteiger charge is -2.29. The third kappa shape index (κ3) is 2.99. The van der Waals surface area contributed by atoms with Gasteiger partial charge in [-0.1, -0.05) is 0 Å². The Morgan fingerprint density at radius 1 is 1.17 bits per heavy atom. The molecule has 8 heteroatoms. The van der Waals surface area contributed by atoms with Crippen molar-refractivity contribution in [2.24, 2.45) is 11.7 Å². The molecule has 2 aromatic rings. The first kappa shape index (κ1) is 15.7. The van der Waals surface area contributed by atoms with Crippen molar-refractivity contribution in [3.63, 3.8) is 0 Å². The maximum atomic E-state index is 12.7. The van der Waals surface area contributed by atoms with Crippen LogP contribution in [0.2, 0.25) is 0 Å². The van der Waals surface area contributed by atoms with Gasteiger partial charge >= 0.3 is 5.63 Å². The zero-order valence-corrected chi connectivity index (χ0v) is 13.1. The van der Waals surface area contributed by atoms with Gasteiger partial charge in [0.25, 0.3) is 0 Å². The number of carbonyl (C=O) groups excluding carboxylic acids is 1. The van der Waals surface area contributed by atoms with Crippen LogP contribution in [0.5, 0.6) is 0 Å². The second kappa shape index (κ2) is 5.78. The summed E-state index contributed by atoms with van der Waals surface area (Å²) in [6, 6.07) is 7.14. The maximum absolute atomic E-state index is 12.7. The number of primary amides is 1. The summed E-state index contributed by atoms with van der Waals surface area (Å²) < 4.78 is 31.7. The molecule has 2 N–H and O–H groups in total. The monoisotopic (exact) mass is 336 g/mol. The number of rotatable bonds is 3. The predicted octanol–water partition coefficient (Wildman–Crippen LogP) is 0.679. The molecule has 0 bridgehead atoms. The van der Waals surface area contributed by atoms with Crippen molar-refractivity contribution in [1.29, 1.82) is 0 Å². The van der Waals surface area contributed by atoms with Gasteiger partial charge in [-0.05, 0) is 37.1 Å². The van der Waals surface area contributed by atoms with Gasteiger partial charge in [-0.2, -0.15) is 4.31 Å². The van der Waals surface area contributed by atoms with Crippen LogP contribution in [0.15, 0.2) is 44.4 Å². The number of nitrogens with zero attached hydrogens (tertiary/aromatic N) is 1. The Kier molecular flexibility index (Phi) is 3.95. The van der Waals surface area contributed by atoms with Gasteiger partial charge < -0.3 is 10.2 Å². The third-order valence-electron chi connectivity index (χ3n) is 4.08. The molecule has 3 rings (SSSR count). The summed E-state index contributed by atoms with van der Waals surface area (Å²) in [6.07, 6.45) is 0.855. The highest BCUT2D eigenvalue weighted by Gasteiger charge is 2.31. The fourth-order valence-corrected chi connectivity index (χ4v) is 4.25. The minimum absolute atomic E-state index is 0.136. The van der Waals surface area contributed by atoms with Gasteiger partial charge in [-0.15, -0.1) is 0 Å². The lowest BCUT2D eigenvalue weighted by atomic mass is 9.98. The Bertz CT molecular complexity index is 911. The fraction of sp³-hybridized carbons (Fsp3) is 0.333. The molecule has 7 nitrogen and oxygen atoms in total. The van der Waals surface area contributed by atoms with Crippen molar-refractivity contribution in [2.45, 2.75) is 17.7 Å². The maximum Gasteiger partial charge on any atom is 0.336 e. The quantitative estimate of drug-likeness (QED) is 0.829. The molecular weight excluding hydrogens is 320 g/mol. The van der Waals surface area contributed by atoms with Crippen LogP contribution < -0.4 is 11.4 Å². The Balaban J connectivity index is 1.89. The number of benzene rings is 1. The molecule has 1 fully saturated rings. The van der Waals surface area contributed by atoms with Gasteiger partial charge in [0.2, 0.25) is 15.9 Å². The zero-order chi connectivity index (χ0) is 16.6. The first-order valence-corrected chi connectivity index (χ1v) is 8.65. The predicted molar refractivity (Wildman–Crippen MR) is 83.2 cm³/mol. The van der Waals surface area contributed by atoms with Crippen molar-refractivity contribution < 1.29 is 17.6 Å². The van der Waals surface area contributed by atoms with Crippen molar-refractivity contribution in [3.8, 4) is 0 Å². The minimum Gasteiger partial charge on any atom is -0.423 e. The number of sulfonamides is 1. The van der Waals surface area contributed by atoms with Crippen molar-refractivity contribution in [2.75, 3.05) is 13.1 Å². The summed E-state index contributed by atoms with van der Waals surface area (Å²) in [5, 5.41) is 0.540. The SMILES string of the molecule is NC(=O)C1CCN(S(=O)(=O)c2ccc3oc(=O)ccc3c2)CC1. The molecule has 122 valence electrons. The van der Waals surface area contributed by atoms with Crippen molar-refractivity contribution in [1.82, 2.24) is 4.31 Å². The second-order valence-electron chi connectivity index (χ2n) is 5.53. The van der Waals surface area contributed by atoms with E-state index in [4.69, 9.17) is 10.2 Å². The fourth-order valence-electron chi connectivity index (χ4n) is 2.74. The van der Waals surface area contributed by atoms with Gasteiger partial charge in [0.15, 0.2) is 0 Å². The first-order valence-electron chi connectivity index (χ1n) is 7.21. The molecule has 1 aromatic heterocycles. The van der Waals surface area contributed by atoms with Gasteiger partial charge in [0, 0.05) is 30.5 Å². The molecule has 1 saturated heterocycles. The number of hydrogen-bond donors (Lipinski definition) is 1. The number of carbonyl (C=O) groups is 1. The van der Waals surface area contributed by atoms with E-state index in [0.717, 1.165) is 0 Å². The Morgan fingerprint density at radius 3 is 2.52 bits per heavy atom. The lowest BCUT2D eigenvalue weighted by molar-refractivity contribution is -0.122. The molecule has 0 unspecified atom stereocenters. The topological polar surface area (TPSA) is 111 Å². The van der Waals surface area contributed by atoms with E-state index in [1.54, 1.807) is 0 Å². The molecule has 0 aliphatic carbocycles. The Morgan fingerprint density at radius 2 is 1.87 bits per heavy atom. The summed E-state index contributed by atoms with van der Waals surface area (Å²) in [5.74, 6) is -0.657. The van der Waals surface area contributed by atoms with E-state index < -0.39 is 15.6 Å². The number of hydrogen-bond acceptors (Lipinski definition) is 5. The van der Waals surface area contributed by atoms with Crippen LogP contribution in [0.4, 0.5) is 0 Å². The van der Waals surface area contributed by atoms with E-state index in [9.17, 15) is 18.0 Å². The molecule has 1 aromatic carbocycles. The van der Waals surface area contributed by atoms with Crippen molar-refractivity contribution in [3.05, 3.63) is 40.8 Å². The zero-order valence-electron chi connectivity index (χ0n) is 12.3. The van der Waals surface area contributed by atoms with Crippen LogP contribution in [0.25, 0.3) is 11.0 Å². The average molecular weight is 336 g/mol. The summed E-state index contributed by atoms with van der Waals surface area (Å²) in [6.45, 7) is 0.524. The number of amides is 1. The number of fused-ring (bicyclic) bond motifs is 1. The first-order chi connectivity index (χ1) is 10.9.